The third kappa shape index (κ3) is 4.93. The van der Waals surface area contributed by atoms with Gasteiger partial charge in [0.1, 0.15) is 5.82 Å². The van der Waals surface area contributed by atoms with Gasteiger partial charge in [0, 0.05) is 31.6 Å². The lowest BCUT2D eigenvalue weighted by molar-refractivity contribution is 0.420. The molecule has 0 fully saturated rings. The molecule has 112 valence electrons. The van der Waals surface area contributed by atoms with Crippen LogP contribution in [0.25, 0.3) is 0 Å². The summed E-state index contributed by atoms with van der Waals surface area (Å²) in [5.41, 5.74) is 2.17. The second kappa shape index (κ2) is 6.84. The molecule has 0 aromatic carbocycles. The van der Waals surface area contributed by atoms with Gasteiger partial charge >= 0.3 is 0 Å². The van der Waals surface area contributed by atoms with Crippen molar-refractivity contribution in [2.24, 2.45) is 0 Å². The Bertz CT molecular complexity index is 446. The second-order valence-electron chi connectivity index (χ2n) is 6.49. The maximum absolute atomic E-state index is 4.73. The molecule has 0 unspecified atom stereocenters. The van der Waals surface area contributed by atoms with E-state index < -0.39 is 0 Å². The van der Waals surface area contributed by atoms with E-state index >= 15 is 0 Å². The van der Waals surface area contributed by atoms with E-state index in [1.165, 1.54) is 0 Å². The second-order valence-corrected chi connectivity index (χ2v) is 6.49. The van der Waals surface area contributed by atoms with Crippen LogP contribution in [0.5, 0.6) is 0 Å². The zero-order chi connectivity index (χ0) is 15.3. The largest absolute Gasteiger partial charge is 0.368 e. The van der Waals surface area contributed by atoms with E-state index in [9.17, 15) is 0 Å². The molecule has 0 aliphatic rings. The first-order valence-corrected chi connectivity index (χ1v) is 7.17. The summed E-state index contributed by atoms with van der Waals surface area (Å²) in [6.45, 7) is 16.0. The third-order valence-electron chi connectivity index (χ3n) is 2.98. The molecule has 20 heavy (non-hydrogen) atoms. The highest BCUT2D eigenvalue weighted by Gasteiger charge is 2.15. The molecule has 0 atom stereocenters. The average Bonchev–Trinajstić information content (AvgIpc) is 2.35. The summed E-state index contributed by atoms with van der Waals surface area (Å²) in [5, 5.41) is 3.50. The van der Waals surface area contributed by atoms with Gasteiger partial charge in [-0.05, 0) is 20.8 Å². The highest BCUT2D eigenvalue weighted by atomic mass is 15.1. The van der Waals surface area contributed by atoms with Gasteiger partial charge in [0.25, 0.3) is 0 Å². The number of hydrogen-bond donors (Lipinski definition) is 1. The fourth-order valence-corrected chi connectivity index (χ4v) is 1.79. The molecule has 0 bridgehead atoms. The fraction of sp³-hybridized carbons (Fsp3) is 0.625. The molecular weight excluding hydrogens is 248 g/mol. The maximum Gasteiger partial charge on any atom is 0.131 e. The van der Waals surface area contributed by atoms with E-state index in [2.05, 4.69) is 56.4 Å². The van der Waals surface area contributed by atoms with Crippen LogP contribution in [0.3, 0.4) is 0 Å². The Balaban J connectivity index is 3.06. The number of nitrogens with one attached hydrogen (secondary N) is 1. The normalized spacial score (nSPS) is 11.8. The Labute approximate surface area is 123 Å². The molecule has 0 radical (unpaired) electrons. The summed E-state index contributed by atoms with van der Waals surface area (Å²) in [4.78, 5) is 11.3. The Morgan fingerprint density at radius 2 is 2.05 bits per heavy atom. The number of rotatable bonds is 6. The van der Waals surface area contributed by atoms with Crippen LogP contribution in [0.1, 0.15) is 52.1 Å². The third-order valence-corrected chi connectivity index (χ3v) is 2.98. The van der Waals surface area contributed by atoms with Crippen LogP contribution in [0.15, 0.2) is 18.9 Å². The van der Waals surface area contributed by atoms with Gasteiger partial charge in [0.05, 0.1) is 17.6 Å². The van der Waals surface area contributed by atoms with Crippen molar-refractivity contribution in [3.8, 4) is 0 Å². The molecule has 1 rings (SSSR count). The maximum atomic E-state index is 4.73. The molecule has 0 aliphatic carbocycles. The van der Waals surface area contributed by atoms with E-state index in [1.807, 2.05) is 19.3 Å². The highest BCUT2D eigenvalue weighted by molar-refractivity contribution is 5.49. The van der Waals surface area contributed by atoms with E-state index in [0.29, 0.717) is 5.92 Å². The summed E-state index contributed by atoms with van der Waals surface area (Å²) in [6.07, 6.45) is 3.81. The fourth-order valence-electron chi connectivity index (χ4n) is 1.79. The standard InChI is InChI=1S/C16H28N4/c1-8-9-20(7)14-11-17-15(12(2)3)19-13(14)10-18-16(4,5)6/h8,11-12,18H,1,9-10H2,2-7H3. The minimum absolute atomic E-state index is 0.0667. The lowest BCUT2D eigenvalue weighted by Crippen LogP contribution is -2.36. The summed E-state index contributed by atoms with van der Waals surface area (Å²) < 4.78 is 0. The van der Waals surface area contributed by atoms with Gasteiger partial charge in [-0.3, -0.25) is 0 Å². The minimum atomic E-state index is 0.0667. The van der Waals surface area contributed by atoms with Crippen LogP contribution < -0.4 is 10.2 Å². The van der Waals surface area contributed by atoms with Gasteiger partial charge in [-0.25, -0.2) is 9.97 Å². The molecule has 0 amide bonds. The Hall–Kier alpha value is -1.42. The topological polar surface area (TPSA) is 41.1 Å². The zero-order valence-corrected chi connectivity index (χ0v) is 13.7. The van der Waals surface area contributed by atoms with Crippen molar-refractivity contribution in [3.63, 3.8) is 0 Å². The number of nitrogens with zero attached hydrogens (tertiary/aromatic N) is 3. The molecule has 4 heteroatoms. The van der Waals surface area contributed by atoms with Gasteiger partial charge in [0.2, 0.25) is 0 Å². The summed E-state index contributed by atoms with van der Waals surface area (Å²) in [5.74, 6) is 1.23. The predicted molar refractivity (Wildman–Crippen MR) is 86.2 cm³/mol. The molecule has 0 saturated carbocycles. The molecule has 1 aromatic heterocycles. The molecule has 0 saturated heterocycles. The quantitative estimate of drug-likeness (QED) is 0.811. The lowest BCUT2D eigenvalue weighted by Gasteiger charge is -2.24. The van der Waals surface area contributed by atoms with E-state index in [1.54, 1.807) is 0 Å². The number of likely N-dealkylation sites (N-methyl/N-ethyl adjacent to an activating group) is 1. The van der Waals surface area contributed by atoms with Crippen molar-refractivity contribution < 1.29 is 0 Å². The number of anilines is 1. The lowest BCUT2D eigenvalue weighted by atomic mass is 10.1. The van der Waals surface area contributed by atoms with Crippen LogP contribution in [0.2, 0.25) is 0 Å². The molecule has 0 aliphatic heterocycles. The molecule has 0 spiro atoms. The van der Waals surface area contributed by atoms with E-state index in [4.69, 9.17) is 4.98 Å². The molecule has 1 N–H and O–H groups in total. The van der Waals surface area contributed by atoms with Crippen LogP contribution in [0.4, 0.5) is 5.69 Å². The van der Waals surface area contributed by atoms with Crippen LogP contribution in [-0.4, -0.2) is 29.1 Å². The molecular formula is C16H28N4. The van der Waals surface area contributed by atoms with Crippen molar-refractivity contribution in [2.45, 2.75) is 52.6 Å². The van der Waals surface area contributed by atoms with Gasteiger partial charge in [-0.15, -0.1) is 6.58 Å². The summed E-state index contributed by atoms with van der Waals surface area (Å²) >= 11 is 0. The monoisotopic (exact) mass is 276 g/mol. The van der Waals surface area contributed by atoms with Crippen LogP contribution in [-0.2, 0) is 6.54 Å². The van der Waals surface area contributed by atoms with Crippen molar-refractivity contribution >= 4 is 5.69 Å². The van der Waals surface area contributed by atoms with E-state index in [0.717, 1.165) is 30.3 Å². The number of aromatic nitrogens is 2. The smallest absolute Gasteiger partial charge is 0.131 e. The first-order chi connectivity index (χ1) is 9.24. The van der Waals surface area contributed by atoms with Crippen LogP contribution >= 0.6 is 0 Å². The first-order valence-electron chi connectivity index (χ1n) is 7.17. The van der Waals surface area contributed by atoms with Gasteiger partial charge < -0.3 is 10.2 Å². The number of hydrogen-bond acceptors (Lipinski definition) is 4. The SMILES string of the molecule is C=CCN(C)c1cnc(C(C)C)nc1CNC(C)(C)C. The van der Waals surface area contributed by atoms with Gasteiger partial charge in [-0.2, -0.15) is 0 Å². The summed E-state index contributed by atoms with van der Waals surface area (Å²) in [6, 6.07) is 0. The van der Waals surface area contributed by atoms with Crippen molar-refractivity contribution in [1.29, 1.82) is 0 Å². The Kier molecular flexibility index (Phi) is 5.69. The predicted octanol–water partition coefficient (Wildman–Crippen LogP) is 3.11. The molecule has 1 aromatic rings. The van der Waals surface area contributed by atoms with Crippen molar-refractivity contribution in [1.82, 2.24) is 15.3 Å². The Morgan fingerprint density at radius 1 is 1.40 bits per heavy atom. The van der Waals surface area contributed by atoms with Crippen LogP contribution in [0, 0.1) is 0 Å². The molecule has 4 nitrogen and oxygen atoms in total. The first kappa shape index (κ1) is 16.6. The van der Waals surface area contributed by atoms with Crippen molar-refractivity contribution in [3.05, 3.63) is 30.4 Å². The van der Waals surface area contributed by atoms with Gasteiger partial charge in [-0.1, -0.05) is 19.9 Å². The summed E-state index contributed by atoms with van der Waals surface area (Å²) in [7, 11) is 2.04. The molecule has 1 heterocycles. The minimum Gasteiger partial charge on any atom is -0.368 e. The zero-order valence-electron chi connectivity index (χ0n) is 13.7. The van der Waals surface area contributed by atoms with E-state index in [-0.39, 0.29) is 5.54 Å². The Morgan fingerprint density at radius 3 is 2.55 bits per heavy atom. The average molecular weight is 276 g/mol. The van der Waals surface area contributed by atoms with Crippen molar-refractivity contribution in [2.75, 3.05) is 18.5 Å². The highest BCUT2D eigenvalue weighted by Crippen LogP contribution is 2.20. The van der Waals surface area contributed by atoms with Gasteiger partial charge in [0.15, 0.2) is 0 Å².